The summed E-state index contributed by atoms with van der Waals surface area (Å²) in [6.45, 7) is 2.68. The fraction of sp³-hybridized carbons (Fsp3) is 0.500. The Morgan fingerprint density at radius 2 is 1.82 bits per heavy atom. The van der Waals surface area contributed by atoms with Crippen LogP contribution in [0.1, 0.15) is 36.5 Å². The molecule has 0 bridgehead atoms. The van der Waals surface area contributed by atoms with E-state index >= 15 is 0 Å². The summed E-state index contributed by atoms with van der Waals surface area (Å²) in [5.74, 6) is -0.916. The highest BCUT2D eigenvalue weighted by Gasteiger charge is 2.55. The second-order valence-electron chi connectivity index (χ2n) is 8.08. The van der Waals surface area contributed by atoms with E-state index in [0.717, 1.165) is 29.7 Å². The van der Waals surface area contributed by atoms with Gasteiger partial charge in [-0.25, -0.2) is 0 Å². The molecule has 1 saturated heterocycles. The zero-order valence-electron chi connectivity index (χ0n) is 18.7. The Bertz CT molecular complexity index is 897. The van der Waals surface area contributed by atoms with Crippen molar-refractivity contribution in [3.63, 3.8) is 0 Å². The molecule has 0 saturated carbocycles. The lowest BCUT2D eigenvalue weighted by Crippen LogP contribution is -2.64. The third kappa shape index (κ3) is 5.83. The van der Waals surface area contributed by atoms with Gasteiger partial charge in [0, 0.05) is 17.7 Å². The molecule has 7 nitrogen and oxygen atoms in total. The highest BCUT2D eigenvalue weighted by atomic mass is 35.5. The fourth-order valence-corrected chi connectivity index (χ4v) is 4.24. The predicted octanol–water partition coefficient (Wildman–Crippen LogP) is 3.25. The lowest BCUT2D eigenvalue weighted by atomic mass is 9.87. The van der Waals surface area contributed by atoms with Crippen molar-refractivity contribution < 1.29 is 33.7 Å². The molecule has 5 atom stereocenters. The third-order valence-corrected chi connectivity index (χ3v) is 6.36. The summed E-state index contributed by atoms with van der Waals surface area (Å²) in [5, 5.41) is 32.1. The first-order chi connectivity index (χ1) is 15.9. The molecule has 0 unspecified atom stereocenters. The molecule has 9 heteroatoms. The molecule has 182 valence electrons. The largest absolute Gasteiger partial charge is 0.494 e. The van der Waals surface area contributed by atoms with Crippen LogP contribution < -0.4 is 4.74 Å². The number of hydrogen-bond donors (Lipinski definition) is 4. The smallest absolute Gasteiger partial charge is 0.224 e. The number of benzene rings is 2. The molecule has 0 radical (unpaired) electrons. The molecule has 1 aliphatic rings. The summed E-state index contributed by atoms with van der Waals surface area (Å²) in [4.78, 5) is 0. The third-order valence-electron chi connectivity index (χ3n) is 5.84. The second-order valence-corrected chi connectivity index (χ2v) is 8.74. The first-order valence-electron chi connectivity index (χ1n) is 10.9. The number of aliphatic hydroxyl groups excluding tert-OH is 3. The maximum Gasteiger partial charge on any atom is 0.224 e. The zero-order chi connectivity index (χ0) is 24.0. The number of hydrogen-bond acceptors (Lipinski definition) is 8. The predicted molar refractivity (Wildman–Crippen MR) is 128 cm³/mol. The normalized spacial score (nSPS) is 27.5. The van der Waals surface area contributed by atoms with Gasteiger partial charge in [-0.3, -0.25) is 0 Å². The Balaban J connectivity index is 1.86. The topological polar surface area (TPSA) is 97.6 Å². The van der Waals surface area contributed by atoms with Gasteiger partial charge in [0.1, 0.15) is 30.2 Å². The van der Waals surface area contributed by atoms with Crippen molar-refractivity contribution in [3.8, 4) is 5.75 Å². The van der Waals surface area contributed by atoms with Crippen LogP contribution in [0, 0.1) is 0 Å². The fourth-order valence-electron chi connectivity index (χ4n) is 3.91. The molecule has 0 amide bonds. The number of halogens is 1. The van der Waals surface area contributed by atoms with E-state index in [1.807, 2.05) is 24.3 Å². The average Bonchev–Trinajstić information content (AvgIpc) is 2.82. The minimum Gasteiger partial charge on any atom is -0.494 e. The van der Waals surface area contributed by atoms with E-state index in [2.05, 4.69) is 19.8 Å². The molecule has 2 aromatic carbocycles. The lowest BCUT2D eigenvalue weighted by molar-refractivity contribution is -0.365. The molecular weight excluding hydrogens is 468 g/mol. The van der Waals surface area contributed by atoms with Crippen LogP contribution in [0.4, 0.5) is 0 Å². The summed E-state index contributed by atoms with van der Waals surface area (Å²) in [6, 6.07) is 12.9. The minimum atomic E-state index is -1.73. The van der Waals surface area contributed by atoms with E-state index in [0.29, 0.717) is 23.6 Å². The number of ether oxygens (including phenoxy) is 3. The van der Waals surface area contributed by atoms with Crippen LogP contribution in [0.15, 0.2) is 42.5 Å². The first kappa shape index (κ1) is 26.2. The number of aliphatic hydroxyl groups is 3. The maximum atomic E-state index is 10.8. The Kier molecular flexibility index (Phi) is 9.43. The van der Waals surface area contributed by atoms with Gasteiger partial charge in [0.25, 0.3) is 0 Å². The molecule has 3 N–H and O–H groups in total. The molecule has 1 aliphatic heterocycles. The number of rotatable bonds is 10. The second kappa shape index (κ2) is 11.9. The monoisotopic (exact) mass is 498 g/mol. The summed E-state index contributed by atoms with van der Waals surface area (Å²) in [6.07, 6.45) is -2.82. The highest BCUT2D eigenvalue weighted by molar-refractivity contribution is 7.75. The van der Waals surface area contributed by atoms with Gasteiger partial charge in [0.05, 0.1) is 13.2 Å². The van der Waals surface area contributed by atoms with Gasteiger partial charge in [-0.1, -0.05) is 43.1 Å². The van der Waals surface area contributed by atoms with Crippen LogP contribution in [-0.2, 0) is 25.9 Å². The summed E-state index contributed by atoms with van der Waals surface area (Å²) in [7, 11) is 1.36. The van der Waals surface area contributed by atoms with E-state index < -0.39 is 30.2 Å². The van der Waals surface area contributed by atoms with Crippen LogP contribution in [0.3, 0.4) is 0 Å². The maximum absolute atomic E-state index is 10.8. The molecule has 1 fully saturated rings. The van der Waals surface area contributed by atoms with Crippen LogP contribution in [0.2, 0.25) is 5.02 Å². The Morgan fingerprint density at radius 3 is 2.45 bits per heavy atom. The number of methoxy groups -OCH3 is 1. The number of unbranched alkanes of at least 4 members (excludes halogenated alkanes) is 1. The van der Waals surface area contributed by atoms with Gasteiger partial charge in [-0.15, -0.1) is 0 Å². The Morgan fingerprint density at radius 1 is 1.09 bits per heavy atom. The van der Waals surface area contributed by atoms with Gasteiger partial charge in [0.2, 0.25) is 5.79 Å². The van der Waals surface area contributed by atoms with Crippen molar-refractivity contribution in [1.82, 2.24) is 0 Å². The van der Waals surface area contributed by atoms with Crippen molar-refractivity contribution in [1.29, 1.82) is 0 Å². The van der Waals surface area contributed by atoms with Crippen LogP contribution in [-0.4, -0.2) is 60.1 Å². The summed E-state index contributed by atoms with van der Waals surface area (Å²) >= 11 is 10.2. The van der Waals surface area contributed by atoms with Gasteiger partial charge in [-0.2, -0.15) is 0 Å². The van der Waals surface area contributed by atoms with Crippen molar-refractivity contribution in [2.24, 2.45) is 0 Å². The van der Waals surface area contributed by atoms with E-state index in [1.165, 1.54) is 7.11 Å². The molecule has 3 rings (SSSR count). The van der Waals surface area contributed by atoms with E-state index in [9.17, 15) is 15.3 Å². The van der Waals surface area contributed by atoms with Gasteiger partial charge in [-0.05, 0) is 61.1 Å². The van der Waals surface area contributed by atoms with Crippen molar-refractivity contribution in [3.05, 3.63) is 64.2 Å². The summed E-state index contributed by atoms with van der Waals surface area (Å²) < 4.78 is 22.0. The molecule has 0 aromatic heterocycles. The molecular formula is C24H31ClO7S. The van der Waals surface area contributed by atoms with E-state index in [4.69, 9.17) is 30.0 Å². The Labute approximate surface area is 204 Å². The average molecular weight is 499 g/mol. The van der Waals surface area contributed by atoms with Gasteiger partial charge in [0.15, 0.2) is 0 Å². The van der Waals surface area contributed by atoms with Gasteiger partial charge < -0.3 is 33.7 Å². The molecule has 2 aromatic rings. The zero-order valence-corrected chi connectivity index (χ0v) is 20.3. The Hall–Kier alpha value is -1.36. The van der Waals surface area contributed by atoms with Crippen LogP contribution in [0.5, 0.6) is 5.75 Å². The van der Waals surface area contributed by atoms with Crippen molar-refractivity contribution in [2.75, 3.05) is 20.3 Å². The van der Waals surface area contributed by atoms with Crippen LogP contribution in [0.25, 0.3) is 0 Å². The highest BCUT2D eigenvalue weighted by Crippen LogP contribution is 2.40. The number of thiol groups is 1. The lowest BCUT2D eigenvalue weighted by Gasteiger charge is -2.47. The van der Waals surface area contributed by atoms with Gasteiger partial charge >= 0.3 is 0 Å². The molecule has 33 heavy (non-hydrogen) atoms. The minimum absolute atomic E-state index is 0.119. The summed E-state index contributed by atoms with van der Waals surface area (Å²) in [5.41, 5.74) is 2.25. The SMILES string of the molecule is CCCCOc1ccc(Cc2cc([C@]3(OC)O[C@H](COS)[C@@H](O)[C@H](O)[C@H]3O)ccc2Cl)cc1. The van der Waals surface area contributed by atoms with E-state index in [1.54, 1.807) is 18.2 Å². The molecule has 0 aliphatic carbocycles. The standard InChI is InChI=1S/C24H31ClO7S/c1-3-4-11-30-18-8-5-15(6-9-18)12-16-13-17(7-10-19(16)25)24(29-2)23(28)22(27)21(26)20(32-24)14-31-33/h5-10,13,20-23,26-28,33H,3-4,11-12,14H2,1-2H3/t20-,21-,22+,23-,24+/m1/s1. The molecule has 1 heterocycles. The quantitative estimate of drug-likeness (QED) is 0.227. The van der Waals surface area contributed by atoms with Crippen molar-refractivity contribution in [2.45, 2.75) is 56.4 Å². The first-order valence-corrected chi connectivity index (χ1v) is 11.6. The van der Waals surface area contributed by atoms with Crippen molar-refractivity contribution >= 4 is 24.5 Å². The molecule has 0 spiro atoms. The van der Waals surface area contributed by atoms with Crippen LogP contribution >= 0.6 is 24.5 Å². The van der Waals surface area contributed by atoms with E-state index in [-0.39, 0.29) is 6.61 Å².